The van der Waals surface area contributed by atoms with E-state index in [4.69, 9.17) is 26.8 Å². The Morgan fingerprint density at radius 3 is 2.71 bits per heavy atom. The van der Waals surface area contributed by atoms with Crippen molar-refractivity contribution in [2.75, 3.05) is 19.6 Å². The lowest BCUT2D eigenvalue weighted by atomic mass is 9.80. The van der Waals surface area contributed by atoms with Gasteiger partial charge in [-0.2, -0.15) is 0 Å². The highest BCUT2D eigenvalue weighted by atomic mass is 35.5. The highest BCUT2D eigenvalue weighted by Crippen LogP contribution is 2.48. The summed E-state index contributed by atoms with van der Waals surface area (Å²) in [6.45, 7) is 1.79. The Morgan fingerprint density at radius 2 is 2.02 bits per heavy atom. The number of methoxy groups -OCH3 is 1. The number of anilines is 1. The van der Waals surface area contributed by atoms with Gasteiger partial charge < -0.3 is 15.2 Å². The van der Waals surface area contributed by atoms with Gasteiger partial charge in [-0.15, -0.1) is 11.3 Å². The maximum Gasteiger partial charge on any atom is 0.250 e. The van der Waals surface area contributed by atoms with Crippen molar-refractivity contribution in [3.05, 3.63) is 81.7 Å². The molecule has 3 aromatic heterocycles. The molecule has 214 valence electrons. The average molecular weight is 615 g/mol. The summed E-state index contributed by atoms with van der Waals surface area (Å²) in [5.41, 5.74) is 6.71. The molecule has 0 amide bonds. The molecule has 4 aromatic rings. The third kappa shape index (κ3) is 4.60. The van der Waals surface area contributed by atoms with Crippen LogP contribution >= 0.6 is 22.9 Å². The summed E-state index contributed by atoms with van der Waals surface area (Å²) >= 11 is 8.28. The Balaban J connectivity index is 1.38. The Labute approximate surface area is 246 Å². The smallest absolute Gasteiger partial charge is 0.250 e. The first kappa shape index (κ1) is 28.0. The Kier molecular flexibility index (Phi) is 7.06. The van der Waals surface area contributed by atoms with Crippen LogP contribution in [0.4, 0.5) is 10.1 Å². The minimum absolute atomic E-state index is 0.101. The summed E-state index contributed by atoms with van der Waals surface area (Å²) < 4.78 is 54.7. The fourth-order valence-electron chi connectivity index (χ4n) is 5.29. The molecule has 1 saturated carbocycles. The molecule has 0 aliphatic heterocycles. The third-order valence-electron chi connectivity index (χ3n) is 7.80. The molecule has 0 bridgehead atoms. The summed E-state index contributed by atoms with van der Waals surface area (Å²) in [5, 5.41) is 1.70. The van der Waals surface area contributed by atoms with Crippen LogP contribution in [0.1, 0.15) is 42.5 Å². The Hall–Kier alpha value is -3.09. The van der Waals surface area contributed by atoms with Crippen LogP contribution in [0, 0.1) is 5.82 Å². The second-order valence-electron chi connectivity index (χ2n) is 10.5. The number of allylic oxidation sites excluding steroid dienone is 3. The summed E-state index contributed by atoms with van der Waals surface area (Å²) in [4.78, 5) is 9.80. The number of aromatic nitrogens is 3. The highest BCUT2D eigenvalue weighted by Gasteiger charge is 2.45. The molecule has 2 aliphatic rings. The number of hydrogen-bond donors (Lipinski definition) is 1. The number of rotatable bonds is 8. The molecule has 0 spiro atoms. The second-order valence-corrected chi connectivity index (χ2v) is 14.2. The number of hydrogen-bond acceptors (Lipinski definition) is 8. The highest BCUT2D eigenvalue weighted by molar-refractivity contribution is 7.91. The van der Waals surface area contributed by atoms with Gasteiger partial charge in [0.05, 0.1) is 10.6 Å². The van der Waals surface area contributed by atoms with Crippen LogP contribution in [0.5, 0.6) is 0 Å². The number of pyridine rings is 1. The maximum atomic E-state index is 15.1. The predicted molar refractivity (Wildman–Crippen MR) is 159 cm³/mol. The molecule has 3 heterocycles. The number of benzene rings is 1. The van der Waals surface area contributed by atoms with Crippen molar-refractivity contribution in [1.29, 1.82) is 0 Å². The van der Waals surface area contributed by atoms with Crippen molar-refractivity contribution < 1.29 is 22.3 Å². The van der Waals surface area contributed by atoms with Gasteiger partial charge in [-0.3, -0.25) is 0 Å². The van der Waals surface area contributed by atoms with E-state index in [1.54, 1.807) is 44.5 Å². The van der Waals surface area contributed by atoms with Gasteiger partial charge in [-0.05, 0) is 75.1 Å². The Morgan fingerprint density at radius 1 is 1.22 bits per heavy atom. The quantitative estimate of drug-likeness (QED) is 0.180. The minimum atomic E-state index is -4.21. The van der Waals surface area contributed by atoms with E-state index in [0.717, 1.165) is 33.1 Å². The van der Waals surface area contributed by atoms with Crippen molar-refractivity contribution >= 4 is 55.3 Å². The summed E-state index contributed by atoms with van der Waals surface area (Å²) in [7, 11) is -2.62. The first-order valence-electron chi connectivity index (χ1n) is 13.0. The van der Waals surface area contributed by atoms with Gasteiger partial charge in [0.1, 0.15) is 28.0 Å². The minimum Gasteiger partial charge on any atom is -0.399 e. The molecule has 1 atom stereocenters. The van der Waals surface area contributed by atoms with Gasteiger partial charge in [0.2, 0.25) is 10.0 Å². The van der Waals surface area contributed by atoms with Gasteiger partial charge in [0.25, 0.3) is 0 Å². The van der Waals surface area contributed by atoms with E-state index in [0.29, 0.717) is 16.0 Å². The maximum absolute atomic E-state index is 15.1. The van der Waals surface area contributed by atoms with Crippen LogP contribution in [-0.4, -0.2) is 41.0 Å². The molecule has 0 radical (unpaired) electrons. The number of ether oxygens (including phenoxy) is 2. The number of nitrogen functional groups attached to an aromatic ring is 1. The molecule has 8 nitrogen and oxygen atoms in total. The molecule has 41 heavy (non-hydrogen) atoms. The lowest BCUT2D eigenvalue weighted by Gasteiger charge is -2.39. The summed E-state index contributed by atoms with van der Waals surface area (Å²) in [6, 6.07) is 9.24. The molecular formula is C29H28ClFN4O4S2. The first-order chi connectivity index (χ1) is 19.6. The molecule has 2 aliphatic carbocycles. The molecular weight excluding hydrogens is 587 g/mol. The number of halogens is 2. The molecule has 1 aromatic carbocycles. The molecule has 1 fully saturated rings. The van der Waals surface area contributed by atoms with Crippen molar-refractivity contribution in [2.45, 2.75) is 43.0 Å². The van der Waals surface area contributed by atoms with Crippen LogP contribution in [0.2, 0.25) is 0 Å². The standard InChI is InChI=1S/C29H28ClFN4O4S2/c1-28(11-8-20(22(30)15-28)25-16-34-27(40-25)29(9-4-10-29)39-17-38-2)41(36,37)35-24(13-18-5-3-12-33-26(18)35)21-7-6-19(32)14-23(21)31/h3,5-8,12-16H,4,9-11,17,32H2,1-2H3. The summed E-state index contributed by atoms with van der Waals surface area (Å²) in [5.74, 6) is -0.631. The van der Waals surface area contributed by atoms with Crippen molar-refractivity contribution in [1.82, 2.24) is 13.9 Å². The van der Waals surface area contributed by atoms with E-state index in [2.05, 4.69) is 9.97 Å². The third-order valence-corrected chi connectivity index (χ3v) is 11.6. The summed E-state index contributed by atoms with van der Waals surface area (Å²) in [6.07, 6.45) is 9.53. The van der Waals surface area contributed by atoms with E-state index in [1.807, 2.05) is 6.08 Å². The monoisotopic (exact) mass is 614 g/mol. The van der Waals surface area contributed by atoms with Crippen LogP contribution in [0.15, 0.2) is 66.0 Å². The SMILES string of the molecule is COCOC1(c2ncc(C3=CCC(C)(S(=O)(=O)n4c(-c5ccc(N)cc5F)cc5cccnc54)C=C3Cl)s2)CCC1. The zero-order valence-electron chi connectivity index (χ0n) is 22.4. The van der Waals surface area contributed by atoms with E-state index in [-0.39, 0.29) is 35.8 Å². The van der Waals surface area contributed by atoms with Crippen molar-refractivity contribution in [3.8, 4) is 11.3 Å². The van der Waals surface area contributed by atoms with Gasteiger partial charge in [0, 0.05) is 46.7 Å². The zero-order valence-corrected chi connectivity index (χ0v) is 24.8. The van der Waals surface area contributed by atoms with Crippen LogP contribution in [-0.2, 0) is 25.1 Å². The van der Waals surface area contributed by atoms with Crippen molar-refractivity contribution in [2.24, 2.45) is 0 Å². The lowest BCUT2D eigenvalue weighted by Crippen LogP contribution is -2.39. The first-order valence-corrected chi connectivity index (χ1v) is 15.7. The van der Waals surface area contributed by atoms with Gasteiger partial charge in [-0.25, -0.2) is 26.7 Å². The second kappa shape index (κ2) is 10.3. The van der Waals surface area contributed by atoms with Gasteiger partial charge in [0.15, 0.2) is 5.65 Å². The molecule has 12 heteroatoms. The molecule has 1 unspecified atom stereocenters. The van der Waals surface area contributed by atoms with Crippen LogP contribution in [0.25, 0.3) is 27.9 Å². The van der Waals surface area contributed by atoms with E-state index in [9.17, 15) is 8.42 Å². The van der Waals surface area contributed by atoms with Gasteiger partial charge in [-0.1, -0.05) is 17.7 Å². The average Bonchev–Trinajstić information content (AvgIpc) is 3.54. The zero-order chi connectivity index (χ0) is 29.0. The van der Waals surface area contributed by atoms with E-state index in [1.165, 1.54) is 35.7 Å². The number of nitrogens with zero attached hydrogens (tertiary/aromatic N) is 3. The molecule has 6 rings (SSSR count). The Bertz CT molecular complexity index is 1830. The van der Waals surface area contributed by atoms with Gasteiger partial charge >= 0.3 is 0 Å². The number of nitrogens with two attached hydrogens (primary N) is 1. The van der Waals surface area contributed by atoms with Crippen LogP contribution in [0.3, 0.4) is 0 Å². The van der Waals surface area contributed by atoms with E-state index < -0.39 is 26.2 Å². The lowest BCUT2D eigenvalue weighted by molar-refractivity contribution is -0.171. The largest absolute Gasteiger partial charge is 0.399 e. The molecule has 2 N–H and O–H groups in total. The number of thiazole rings is 1. The fourth-order valence-corrected chi connectivity index (χ4v) is 8.77. The van der Waals surface area contributed by atoms with Crippen LogP contribution < -0.4 is 5.73 Å². The topological polar surface area (TPSA) is 109 Å². The number of fused-ring (bicyclic) bond motifs is 1. The fraction of sp³-hybridized carbons (Fsp3) is 0.310. The predicted octanol–water partition coefficient (Wildman–Crippen LogP) is 6.43. The normalized spacial score (nSPS) is 20.5. The molecule has 0 saturated heterocycles. The van der Waals surface area contributed by atoms with E-state index >= 15 is 4.39 Å². The van der Waals surface area contributed by atoms with Crippen molar-refractivity contribution in [3.63, 3.8) is 0 Å².